The molecule has 1 aromatic carbocycles. The van der Waals surface area contributed by atoms with Crippen LogP contribution in [0.1, 0.15) is 35.4 Å². The quantitative estimate of drug-likeness (QED) is 0.712. The summed E-state index contributed by atoms with van der Waals surface area (Å²) in [4.78, 5) is 1.01. The monoisotopic (exact) mass is 377 g/mol. The van der Waals surface area contributed by atoms with Crippen molar-refractivity contribution in [3.05, 3.63) is 56.2 Å². The van der Waals surface area contributed by atoms with Crippen LogP contribution in [0.25, 0.3) is 0 Å². The van der Waals surface area contributed by atoms with Crippen LogP contribution in [-0.4, -0.2) is 6.54 Å². The molecule has 0 fully saturated rings. The minimum Gasteiger partial charge on any atom is -0.306 e. The van der Waals surface area contributed by atoms with Crippen LogP contribution in [0.4, 0.5) is 13.2 Å². The number of hydrogen-bond donors (Lipinski definition) is 1. The van der Waals surface area contributed by atoms with Crippen LogP contribution in [-0.2, 0) is 6.18 Å². The first-order chi connectivity index (χ1) is 9.93. The Bertz CT molecular complexity index is 581. The number of benzene rings is 1. The van der Waals surface area contributed by atoms with Crippen molar-refractivity contribution < 1.29 is 13.2 Å². The molecule has 1 N–H and O–H groups in total. The summed E-state index contributed by atoms with van der Waals surface area (Å²) in [5.41, 5.74) is -0.0127. The fourth-order valence-corrected chi connectivity index (χ4v) is 3.36. The third kappa shape index (κ3) is 4.08. The van der Waals surface area contributed by atoms with Gasteiger partial charge in [-0.25, -0.2) is 0 Å². The largest absolute Gasteiger partial charge is 0.417 e. The van der Waals surface area contributed by atoms with E-state index in [1.165, 1.54) is 23.5 Å². The first kappa shape index (κ1) is 16.5. The zero-order valence-electron chi connectivity index (χ0n) is 11.4. The van der Waals surface area contributed by atoms with E-state index < -0.39 is 11.7 Å². The Balaban J connectivity index is 2.41. The fraction of sp³-hybridized carbons (Fsp3) is 0.333. The average Bonchev–Trinajstić information content (AvgIpc) is 2.93. The third-order valence-corrected chi connectivity index (χ3v) is 4.68. The minimum absolute atomic E-state index is 0.0687. The van der Waals surface area contributed by atoms with Gasteiger partial charge in [-0.15, -0.1) is 11.3 Å². The summed E-state index contributed by atoms with van der Waals surface area (Å²) in [5, 5.41) is 5.24. The van der Waals surface area contributed by atoms with Gasteiger partial charge in [-0.05, 0) is 42.1 Å². The molecule has 6 heteroatoms. The van der Waals surface area contributed by atoms with E-state index in [2.05, 4.69) is 21.2 Å². The maximum Gasteiger partial charge on any atom is 0.417 e. The SMILES string of the molecule is CCCNC(c1ccc(Br)c(C(F)(F)F)c1)c1cccs1. The van der Waals surface area contributed by atoms with Gasteiger partial charge in [-0.1, -0.05) is 35.0 Å². The highest BCUT2D eigenvalue weighted by molar-refractivity contribution is 9.10. The second-order valence-corrected chi connectivity index (χ2v) is 6.47. The topological polar surface area (TPSA) is 12.0 Å². The van der Waals surface area contributed by atoms with Crippen molar-refractivity contribution >= 4 is 27.3 Å². The molecular weight excluding hydrogens is 363 g/mol. The lowest BCUT2D eigenvalue weighted by atomic mass is 10.0. The molecular formula is C15H15BrF3NS. The Morgan fingerprint density at radius 2 is 2.05 bits per heavy atom. The molecule has 0 aliphatic rings. The van der Waals surface area contributed by atoms with Gasteiger partial charge in [0.15, 0.2) is 0 Å². The summed E-state index contributed by atoms with van der Waals surface area (Å²) in [5.74, 6) is 0. The maximum absolute atomic E-state index is 13.0. The molecule has 0 saturated carbocycles. The van der Waals surface area contributed by atoms with Crippen LogP contribution < -0.4 is 5.32 Å². The van der Waals surface area contributed by atoms with E-state index in [4.69, 9.17) is 0 Å². The zero-order valence-corrected chi connectivity index (χ0v) is 13.8. The molecule has 1 aromatic heterocycles. The summed E-state index contributed by atoms with van der Waals surface area (Å²) < 4.78 is 39.2. The van der Waals surface area contributed by atoms with Gasteiger partial charge in [0.2, 0.25) is 0 Å². The van der Waals surface area contributed by atoms with Crippen molar-refractivity contribution in [1.82, 2.24) is 5.32 Å². The van der Waals surface area contributed by atoms with E-state index in [0.717, 1.165) is 17.8 Å². The summed E-state index contributed by atoms with van der Waals surface area (Å²) in [6, 6.07) is 8.05. The van der Waals surface area contributed by atoms with Crippen LogP contribution in [0.5, 0.6) is 0 Å². The first-order valence-corrected chi connectivity index (χ1v) is 8.24. The number of nitrogens with one attached hydrogen (secondary N) is 1. The van der Waals surface area contributed by atoms with Crippen LogP contribution in [0.3, 0.4) is 0 Å². The number of rotatable bonds is 5. The molecule has 114 valence electrons. The van der Waals surface area contributed by atoms with Gasteiger partial charge in [-0.3, -0.25) is 0 Å². The van der Waals surface area contributed by atoms with Gasteiger partial charge in [0.05, 0.1) is 11.6 Å². The van der Waals surface area contributed by atoms with E-state index in [1.807, 2.05) is 24.4 Å². The first-order valence-electron chi connectivity index (χ1n) is 6.57. The normalized spacial score (nSPS) is 13.4. The smallest absolute Gasteiger partial charge is 0.306 e. The standard InChI is InChI=1S/C15H15BrF3NS/c1-2-7-20-14(13-4-3-8-21-13)10-5-6-12(16)11(9-10)15(17,18)19/h3-6,8-9,14,20H,2,7H2,1H3. The highest BCUT2D eigenvalue weighted by atomic mass is 79.9. The molecule has 0 aliphatic heterocycles. The molecule has 1 nitrogen and oxygen atoms in total. The molecule has 0 amide bonds. The predicted molar refractivity (Wildman–Crippen MR) is 83.6 cm³/mol. The maximum atomic E-state index is 13.0. The lowest BCUT2D eigenvalue weighted by Gasteiger charge is -2.20. The zero-order chi connectivity index (χ0) is 15.5. The van der Waals surface area contributed by atoms with E-state index in [-0.39, 0.29) is 10.5 Å². The predicted octanol–water partition coefficient (Wildman–Crippen LogP) is 5.62. The summed E-state index contributed by atoms with van der Waals surface area (Å²) >= 11 is 4.52. The second-order valence-electron chi connectivity index (χ2n) is 4.64. The second kappa shape index (κ2) is 6.94. The van der Waals surface area contributed by atoms with Crippen LogP contribution in [0, 0.1) is 0 Å². The Labute approximate surface area is 134 Å². The Morgan fingerprint density at radius 3 is 2.62 bits per heavy atom. The highest BCUT2D eigenvalue weighted by Crippen LogP contribution is 2.37. The number of halogens is 4. The molecule has 0 radical (unpaired) electrons. The Kier molecular flexibility index (Phi) is 5.46. The molecule has 0 aliphatic carbocycles. The van der Waals surface area contributed by atoms with E-state index in [0.29, 0.717) is 5.56 Å². The molecule has 21 heavy (non-hydrogen) atoms. The molecule has 1 unspecified atom stereocenters. The van der Waals surface area contributed by atoms with Crippen molar-refractivity contribution in [2.24, 2.45) is 0 Å². The summed E-state index contributed by atoms with van der Waals surface area (Å²) in [6.07, 6.45) is -3.44. The highest BCUT2D eigenvalue weighted by Gasteiger charge is 2.33. The minimum atomic E-state index is -4.36. The van der Waals surface area contributed by atoms with Gasteiger partial charge in [0.25, 0.3) is 0 Å². The Hall–Kier alpha value is -0.850. The van der Waals surface area contributed by atoms with Crippen molar-refractivity contribution in [1.29, 1.82) is 0 Å². The number of hydrogen-bond acceptors (Lipinski definition) is 2. The van der Waals surface area contributed by atoms with Crippen molar-refractivity contribution in [2.45, 2.75) is 25.6 Å². The molecule has 2 rings (SSSR count). The number of alkyl halides is 3. The molecule has 0 saturated heterocycles. The average molecular weight is 378 g/mol. The lowest BCUT2D eigenvalue weighted by Crippen LogP contribution is -2.23. The van der Waals surface area contributed by atoms with E-state index in [9.17, 15) is 13.2 Å². The van der Waals surface area contributed by atoms with Crippen LogP contribution in [0.2, 0.25) is 0 Å². The van der Waals surface area contributed by atoms with Crippen molar-refractivity contribution in [2.75, 3.05) is 6.54 Å². The van der Waals surface area contributed by atoms with Crippen molar-refractivity contribution in [3.63, 3.8) is 0 Å². The molecule has 0 bridgehead atoms. The molecule has 1 heterocycles. The van der Waals surface area contributed by atoms with Gasteiger partial charge >= 0.3 is 6.18 Å². The van der Waals surface area contributed by atoms with Gasteiger partial charge < -0.3 is 5.32 Å². The summed E-state index contributed by atoms with van der Waals surface area (Å²) in [7, 11) is 0. The van der Waals surface area contributed by atoms with Gasteiger partial charge in [0.1, 0.15) is 0 Å². The van der Waals surface area contributed by atoms with E-state index >= 15 is 0 Å². The van der Waals surface area contributed by atoms with Gasteiger partial charge in [-0.2, -0.15) is 13.2 Å². The van der Waals surface area contributed by atoms with E-state index in [1.54, 1.807) is 6.07 Å². The molecule has 0 spiro atoms. The number of thiophene rings is 1. The third-order valence-electron chi connectivity index (χ3n) is 3.06. The van der Waals surface area contributed by atoms with Crippen LogP contribution >= 0.6 is 27.3 Å². The lowest BCUT2D eigenvalue weighted by molar-refractivity contribution is -0.138. The van der Waals surface area contributed by atoms with Crippen molar-refractivity contribution in [3.8, 4) is 0 Å². The molecule has 2 aromatic rings. The van der Waals surface area contributed by atoms with Crippen LogP contribution in [0.15, 0.2) is 40.2 Å². The Morgan fingerprint density at radius 1 is 1.29 bits per heavy atom. The molecule has 1 atom stereocenters. The summed E-state index contributed by atoms with van der Waals surface area (Å²) in [6.45, 7) is 2.78. The van der Waals surface area contributed by atoms with Gasteiger partial charge in [0, 0.05) is 9.35 Å². The fourth-order valence-electron chi connectivity index (χ4n) is 2.07.